The van der Waals surface area contributed by atoms with Crippen LogP contribution in [-0.2, 0) is 12.8 Å². The van der Waals surface area contributed by atoms with E-state index in [0.717, 1.165) is 57.0 Å². The van der Waals surface area contributed by atoms with Crippen LogP contribution in [0.2, 0.25) is 10.0 Å². The Hall–Kier alpha value is -2.26. The normalized spacial score (nSPS) is 15.8. The molecule has 1 atom stereocenters. The number of aliphatic imine (C=N–C) groups is 1. The van der Waals surface area contributed by atoms with E-state index >= 15 is 0 Å². The van der Waals surface area contributed by atoms with Crippen molar-refractivity contribution in [2.45, 2.75) is 18.9 Å². The molecule has 3 heterocycles. The lowest BCUT2D eigenvalue weighted by molar-refractivity contribution is 0.748. The first-order valence-corrected chi connectivity index (χ1v) is 12.7. The molecule has 4 aromatic rings. The Morgan fingerprint density at radius 1 is 1.12 bits per heavy atom. The van der Waals surface area contributed by atoms with Crippen LogP contribution in [0, 0.1) is 0 Å². The number of rotatable bonds is 7. The summed E-state index contributed by atoms with van der Waals surface area (Å²) < 4.78 is 1.02. The number of halogens is 2. The number of anilines is 2. The molecule has 2 aromatic carbocycles. The SMILES string of the molecule is Clc1cc2nc(NCCc3ccc(NC4=N[C@@H](Cc5cnc[nH]5)CS4)cc3)sc2cc1Cl. The Morgan fingerprint density at radius 2 is 1.97 bits per heavy atom. The van der Waals surface area contributed by atoms with Gasteiger partial charge in [0.1, 0.15) is 0 Å². The molecule has 0 spiro atoms. The number of amidine groups is 1. The van der Waals surface area contributed by atoms with Crippen LogP contribution in [0.1, 0.15) is 11.3 Å². The molecular weight excluding hydrogens is 483 g/mol. The van der Waals surface area contributed by atoms with E-state index in [1.54, 1.807) is 35.5 Å². The molecule has 0 amide bonds. The van der Waals surface area contributed by atoms with Gasteiger partial charge in [-0.2, -0.15) is 0 Å². The van der Waals surface area contributed by atoms with Gasteiger partial charge in [0.05, 0.1) is 32.6 Å². The highest BCUT2D eigenvalue weighted by atomic mass is 35.5. The van der Waals surface area contributed by atoms with E-state index in [1.165, 1.54) is 5.56 Å². The lowest BCUT2D eigenvalue weighted by atomic mass is 10.1. The molecule has 164 valence electrons. The van der Waals surface area contributed by atoms with Crippen LogP contribution in [0.5, 0.6) is 0 Å². The maximum atomic E-state index is 6.09. The molecule has 5 rings (SSSR count). The van der Waals surface area contributed by atoms with Gasteiger partial charge in [-0.05, 0) is 36.2 Å². The van der Waals surface area contributed by atoms with Gasteiger partial charge in [-0.15, -0.1) is 0 Å². The molecule has 0 fully saturated rings. The molecule has 0 saturated carbocycles. The molecule has 0 aliphatic carbocycles. The standard InChI is InChI=1S/C22H20Cl2N6S2/c23-17-8-19-20(9-18(17)24)32-21(30-19)26-6-5-13-1-3-14(4-2-13)28-22-29-16(11-31-22)7-15-10-25-12-27-15/h1-4,8-10,12,16H,5-7,11H2,(H,25,27)(H,26,30)(H,28,29)/t16-/m0/s1. The Labute approximate surface area is 203 Å². The number of benzene rings is 2. The summed E-state index contributed by atoms with van der Waals surface area (Å²) in [7, 11) is 0. The summed E-state index contributed by atoms with van der Waals surface area (Å²) in [6.45, 7) is 0.798. The first-order chi connectivity index (χ1) is 15.6. The monoisotopic (exact) mass is 502 g/mol. The van der Waals surface area contributed by atoms with Crippen LogP contribution in [-0.4, -0.2) is 38.5 Å². The molecule has 0 saturated heterocycles. The van der Waals surface area contributed by atoms with Gasteiger partial charge in [-0.3, -0.25) is 4.99 Å². The highest BCUT2D eigenvalue weighted by Gasteiger charge is 2.19. The maximum Gasteiger partial charge on any atom is 0.183 e. The predicted octanol–water partition coefficient (Wildman–Crippen LogP) is 6.11. The number of imidazole rings is 1. The van der Waals surface area contributed by atoms with Gasteiger partial charge in [0, 0.05) is 36.3 Å². The predicted molar refractivity (Wildman–Crippen MR) is 138 cm³/mol. The topological polar surface area (TPSA) is 78.0 Å². The number of nitrogens with zero attached hydrogens (tertiary/aromatic N) is 3. The van der Waals surface area contributed by atoms with Crippen molar-refractivity contribution in [3.8, 4) is 0 Å². The molecule has 10 heteroatoms. The van der Waals surface area contributed by atoms with Crippen LogP contribution in [0.25, 0.3) is 10.2 Å². The summed E-state index contributed by atoms with van der Waals surface area (Å²) in [5.74, 6) is 0.981. The molecule has 0 unspecified atom stereocenters. The van der Waals surface area contributed by atoms with Crippen LogP contribution in [0.3, 0.4) is 0 Å². The van der Waals surface area contributed by atoms with Crippen molar-refractivity contribution in [1.82, 2.24) is 15.0 Å². The highest BCUT2D eigenvalue weighted by molar-refractivity contribution is 8.14. The number of hydrogen-bond donors (Lipinski definition) is 3. The zero-order valence-electron chi connectivity index (χ0n) is 16.9. The summed E-state index contributed by atoms with van der Waals surface area (Å²) in [6.07, 6.45) is 5.36. The maximum absolute atomic E-state index is 6.09. The first kappa shape index (κ1) is 21.6. The van der Waals surface area contributed by atoms with Gasteiger partial charge in [-0.1, -0.05) is 58.4 Å². The summed E-state index contributed by atoms with van der Waals surface area (Å²) in [5.41, 5.74) is 4.29. The van der Waals surface area contributed by atoms with Gasteiger partial charge >= 0.3 is 0 Å². The minimum absolute atomic E-state index is 0.280. The van der Waals surface area contributed by atoms with Crippen molar-refractivity contribution < 1.29 is 0 Å². The van der Waals surface area contributed by atoms with E-state index in [1.807, 2.05) is 12.3 Å². The molecule has 1 aliphatic rings. The Balaban J connectivity index is 1.12. The summed E-state index contributed by atoms with van der Waals surface area (Å²) >= 11 is 15.5. The molecule has 0 bridgehead atoms. The number of aromatic amines is 1. The van der Waals surface area contributed by atoms with E-state index in [0.29, 0.717) is 10.0 Å². The zero-order valence-corrected chi connectivity index (χ0v) is 20.1. The second kappa shape index (κ2) is 9.70. The van der Waals surface area contributed by atoms with Gasteiger partial charge in [-0.25, -0.2) is 9.97 Å². The highest BCUT2D eigenvalue weighted by Crippen LogP contribution is 2.33. The lowest BCUT2D eigenvalue weighted by Gasteiger charge is -2.07. The Bertz CT molecular complexity index is 1200. The summed E-state index contributed by atoms with van der Waals surface area (Å²) in [6, 6.07) is 12.4. The Kier molecular flexibility index (Phi) is 6.54. The number of fused-ring (bicyclic) bond motifs is 1. The number of aromatic nitrogens is 3. The third-order valence-electron chi connectivity index (χ3n) is 5.05. The molecule has 6 nitrogen and oxygen atoms in total. The molecule has 1 aliphatic heterocycles. The third-order valence-corrected chi connectivity index (χ3v) is 7.78. The quantitative estimate of drug-likeness (QED) is 0.284. The fraction of sp³-hybridized carbons (Fsp3) is 0.227. The number of nitrogens with one attached hydrogen (secondary N) is 3. The number of thiazole rings is 1. The minimum Gasteiger partial charge on any atom is -0.361 e. The number of H-pyrrole nitrogens is 1. The minimum atomic E-state index is 0.280. The summed E-state index contributed by atoms with van der Waals surface area (Å²) in [5, 5.41) is 9.75. The molecule has 3 N–H and O–H groups in total. The summed E-state index contributed by atoms with van der Waals surface area (Å²) in [4.78, 5) is 16.6. The second-order valence-electron chi connectivity index (χ2n) is 7.43. The van der Waals surface area contributed by atoms with Crippen molar-refractivity contribution in [2.75, 3.05) is 22.9 Å². The van der Waals surface area contributed by atoms with Gasteiger partial charge in [0.25, 0.3) is 0 Å². The van der Waals surface area contributed by atoms with E-state index in [4.69, 9.17) is 28.2 Å². The van der Waals surface area contributed by atoms with Crippen molar-refractivity contribution in [3.05, 3.63) is 70.2 Å². The largest absolute Gasteiger partial charge is 0.361 e. The van der Waals surface area contributed by atoms with Gasteiger partial charge in [0.15, 0.2) is 10.3 Å². The number of hydrogen-bond acceptors (Lipinski definition) is 7. The van der Waals surface area contributed by atoms with Crippen molar-refractivity contribution in [3.63, 3.8) is 0 Å². The van der Waals surface area contributed by atoms with E-state index in [-0.39, 0.29) is 6.04 Å². The van der Waals surface area contributed by atoms with Crippen LogP contribution in [0.4, 0.5) is 10.8 Å². The molecular formula is C22H20Cl2N6S2. The van der Waals surface area contributed by atoms with E-state index in [9.17, 15) is 0 Å². The van der Waals surface area contributed by atoms with E-state index in [2.05, 4.69) is 49.9 Å². The third kappa shape index (κ3) is 5.20. The fourth-order valence-corrected chi connectivity index (χ4v) is 5.68. The molecule has 2 aromatic heterocycles. The van der Waals surface area contributed by atoms with Crippen molar-refractivity contribution in [1.29, 1.82) is 0 Å². The van der Waals surface area contributed by atoms with Crippen LogP contribution >= 0.6 is 46.3 Å². The lowest BCUT2D eigenvalue weighted by Crippen LogP contribution is -2.09. The smallest absolute Gasteiger partial charge is 0.183 e. The fourth-order valence-electron chi connectivity index (χ4n) is 3.43. The van der Waals surface area contributed by atoms with Crippen molar-refractivity contribution >= 4 is 72.5 Å². The van der Waals surface area contributed by atoms with Crippen molar-refractivity contribution in [2.24, 2.45) is 4.99 Å². The van der Waals surface area contributed by atoms with E-state index < -0.39 is 0 Å². The average Bonchev–Trinajstić information content (AvgIpc) is 3.52. The second-order valence-corrected chi connectivity index (χ2v) is 10.3. The first-order valence-electron chi connectivity index (χ1n) is 10.2. The van der Waals surface area contributed by atoms with Crippen LogP contribution < -0.4 is 10.6 Å². The number of thioether (sulfide) groups is 1. The van der Waals surface area contributed by atoms with Gasteiger partial charge in [0.2, 0.25) is 0 Å². The van der Waals surface area contributed by atoms with Crippen LogP contribution in [0.15, 0.2) is 53.9 Å². The molecule has 32 heavy (non-hydrogen) atoms. The molecule has 0 radical (unpaired) electrons. The van der Waals surface area contributed by atoms with Gasteiger partial charge < -0.3 is 15.6 Å². The average molecular weight is 503 g/mol. The zero-order chi connectivity index (χ0) is 21.9. The Morgan fingerprint density at radius 3 is 2.78 bits per heavy atom.